The molecular weight excluding hydrogens is 160 g/mol. The lowest BCUT2D eigenvalue weighted by atomic mass is 9.91. The number of Topliss-reactive ketones (excluding diaryl/α,β-unsaturated/α-hetero) is 1. The van der Waals surface area contributed by atoms with E-state index in [2.05, 4.69) is 0 Å². The van der Waals surface area contributed by atoms with E-state index in [9.17, 15) is 9.59 Å². The third-order valence-electron chi connectivity index (χ3n) is 1.79. The van der Waals surface area contributed by atoms with Crippen LogP contribution in [0.25, 0.3) is 0 Å². The Hall–Kier alpha value is -0.940. The van der Waals surface area contributed by atoms with Gasteiger partial charge in [0.15, 0.2) is 11.3 Å². The van der Waals surface area contributed by atoms with Crippen molar-refractivity contribution in [2.45, 2.75) is 25.3 Å². The lowest BCUT2D eigenvalue weighted by Crippen LogP contribution is -2.54. The molecule has 70 valence electrons. The van der Waals surface area contributed by atoms with Crippen LogP contribution in [0.1, 0.15) is 19.8 Å². The molecule has 0 aromatic rings. The first kappa shape index (κ1) is 11.1. The van der Waals surface area contributed by atoms with Crippen molar-refractivity contribution in [3.63, 3.8) is 0 Å². The number of rotatable bonds is 5. The summed E-state index contributed by atoms with van der Waals surface area (Å²) in [5.74, 6) is -1.83. The summed E-state index contributed by atoms with van der Waals surface area (Å²) in [7, 11) is 0. The van der Waals surface area contributed by atoms with Crippen LogP contribution < -0.4 is 11.5 Å². The summed E-state index contributed by atoms with van der Waals surface area (Å²) in [5, 5.41) is 8.64. The highest BCUT2D eigenvalue weighted by Crippen LogP contribution is 2.10. The Morgan fingerprint density at radius 1 is 1.50 bits per heavy atom. The Balaban J connectivity index is 4.40. The molecule has 0 fully saturated rings. The first-order valence-electron chi connectivity index (χ1n) is 3.68. The fraction of sp³-hybridized carbons (Fsp3) is 0.714. The topological polar surface area (TPSA) is 106 Å². The van der Waals surface area contributed by atoms with Gasteiger partial charge in [-0.2, -0.15) is 0 Å². The van der Waals surface area contributed by atoms with Crippen molar-refractivity contribution in [2.24, 2.45) is 11.5 Å². The number of hydrogen-bond donors (Lipinski definition) is 3. The fourth-order valence-electron chi connectivity index (χ4n) is 0.814. The molecule has 5 nitrogen and oxygen atoms in total. The van der Waals surface area contributed by atoms with E-state index in [1.54, 1.807) is 0 Å². The number of carboxylic acid groups (broad SMARTS) is 1. The highest BCUT2D eigenvalue weighted by Gasteiger charge is 2.38. The Morgan fingerprint density at radius 3 is 2.25 bits per heavy atom. The Bertz CT molecular complexity index is 177. The van der Waals surface area contributed by atoms with Crippen molar-refractivity contribution in [3.05, 3.63) is 0 Å². The van der Waals surface area contributed by atoms with Gasteiger partial charge < -0.3 is 16.6 Å². The molecule has 0 bridgehead atoms. The number of hydrogen-bond acceptors (Lipinski definition) is 4. The molecule has 0 aliphatic carbocycles. The molecule has 5 N–H and O–H groups in total. The molecule has 5 heteroatoms. The number of carbonyl (C=O) groups is 2. The van der Waals surface area contributed by atoms with Crippen molar-refractivity contribution in [3.8, 4) is 0 Å². The molecule has 12 heavy (non-hydrogen) atoms. The molecule has 0 rings (SSSR count). The number of carboxylic acids is 1. The lowest BCUT2D eigenvalue weighted by molar-refractivity contribution is -0.148. The van der Waals surface area contributed by atoms with Crippen LogP contribution in [0.3, 0.4) is 0 Å². The Kier molecular flexibility index (Phi) is 3.85. The van der Waals surface area contributed by atoms with Gasteiger partial charge in [0.25, 0.3) is 0 Å². The third-order valence-corrected chi connectivity index (χ3v) is 1.79. The summed E-state index contributed by atoms with van der Waals surface area (Å²) in [6.45, 7) is 1.50. The van der Waals surface area contributed by atoms with Crippen molar-refractivity contribution in [1.82, 2.24) is 0 Å². The number of carbonyl (C=O) groups excluding carboxylic acids is 1. The van der Waals surface area contributed by atoms with E-state index in [0.29, 0.717) is 13.0 Å². The van der Waals surface area contributed by atoms with Crippen molar-refractivity contribution in [2.75, 3.05) is 6.54 Å². The average Bonchev–Trinajstić information content (AvgIpc) is 1.99. The molecule has 0 unspecified atom stereocenters. The van der Waals surface area contributed by atoms with Gasteiger partial charge in [-0.3, -0.25) is 4.79 Å². The smallest absolute Gasteiger partial charge is 0.331 e. The second-order valence-corrected chi connectivity index (χ2v) is 2.72. The van der Waals surface area contributed by atoms with Crippen LogP contribution in [0.2, 0.25) is 0 Å². The lowest BCUT2D eigenvalue weighted by Gasteiger charge is -2.20. The third kappa shape index (κ3) is 2.28. The maximum absolute atomic E-state index is 10.9. The summed E-state index contributed by atoms with van der Waals surface area (Å²) in [5.41, 5.74) is 8.79. The van der Waals surface area contributed by atoms with E-state index in [0.717, 1.165) is 0 Å². The summed E-state index contributed by atoms with van der Waals surface area (Å²) in [6, 6.07) is 0. The van der Waals surface area contributed by atoms with Gasteiger partial charge in [0.2, 0.25) is 0 Å². The minimum atomic E-state index is -1.75. The van der Waals surface area contributed by atoms with Gasteiger partial charge in [-0.25, -0.2) is 4.79 Å². The maximum atomic E-state index is 10.9. The summed E-state index contributed by atoms with van der Waals surface area (Å²) < 4.78 is 0. The normalized spacial score (nSPS) is 15.2. The molecule has 1 atom stereocenters. The van der Waals surface area contributed by atoms with Gasteiger partial charge in [-0.1, -0.05) is 0 Å². The zero-order valence-electron chi connectivity index (χ0n) is 7.04. The number of nitrogens with two attached hydrogens (primary N) is 2. The highest BCUT2D eigenvalue weighted by molar-refractivity contribution is 6.06. The number of aliphatic carboxylic acids is 1. The van der Waals surface area contributed by atoms with Gasteiger partial charge in [-0.15, -0.1) is 0 Å². The second-order valence-electron chi connectivity index (χ2n) is 2.72. The largest absolute Gasteiger partial charge is 0.480 e. The van der Waals surface area contributed by atoms with E-state index >= 15 is 0 Å². The van der Waals surface area contributed by atoms with Crippen LogP contribution >= 0.6 is 0 Å². The summed E-state index contributed by atoms with van der Waals surface area (Å²) in [6.07, 6.45) is 0.524. The molecule has 0 saturated heterocycles. The first-order valence-corrected chi connectivity index (χ1v) is 3.68. The molecule has 0 aliphatic rings. The molecule has 0 aromatic carbocycles. The van der Waals surface area contributed by atoms with Gasteiger partial charge in [-0.05, 0) is 26.3 Å². The Morgan fingerprint density at radius 2 is 2.00 bits per heavy atom. The highest BCUT2D eigenvalue weighted by atomic mass is 16.4. The van der Waals surface area contributed by atoms with Gasteiger partial charge in [0.1, 0.15) is 0 Å². The molecule has 0 heterocycles. The van der Waals surface area contributed by atoms with E-state index in [4.69, 9.17) is 16.6 Å². The van der Waals surface area contributed by atoms with Gasteiger partial charge in [0, 0.05) is 0 Å². The predicted molar refractivity (Wildman–Crippen MR) is 43.5 cm³/mol. The molecule has 0 spiro atoms. The van der Waals surface area contributed by atoms with Crippen LogP contribution in [0.5, 0.6) is 0 Å². The van der Waals surface area contributed by atoms with Gasteiger partial charge in [0.05, 0.1) is 0 Å². The summed E-state index contributed by atoms with van der Waals surface area (Å²) in [4.78, 5) is 21.4. The molecule has 0 aliphatic heterocycles. The quantitative estimate of drug-likeness (QED) is 0.468. The molecule has 0 saturated carbocycles. The predicted octanol–water partition coefficient (Wildman–Crippen LogP) is -0.904. The Labute approximate surface area is 70.7 Å². The zero-order chi connectivity index (χ0) is 9.78. The molecule has 0 radical (unpaired) electrons. The zero-order valence-corrected chi connectivity index (χ0v) is 7.04. The van der Waals surface area contributed by atoms with Crippen molar-refractivity contribution < 1.29 is 14.7 Å². The van der Waals surface area contributed by atoms with E-state index < -0.39 is 17.3 Å². The average molecular weight is 174 g/mol. The van der Waals surface area contributed by atoms with Gasteiger partial charge >= 0.3 is 5.97 Å². The maximum Gasteiger partial charge on any atom is 0.331 e. The standard InChI is InChI=1S/C7H14N2O3/c1-5(10)7(9,6(11)12)3-2-4-8/h2-4,8-9H2,1H3,(H,11,12)/t7-/m0/s1. The van der Waals surface area contributed by atoms with E-state index in [1.807, 2.05) is 0 Å². The molecule has 0 aromatic heterocycles. The van der Waals surface area contributed by atoms with E-state index in [1.165, 1.54) is 6.92 Å². The van der Waals surface area contributed by atoms with Crippen LogP contribution in [-0.4, -0.2) is 28.9 Å². The minimum Gasteiger partial charge on any atom is -0.480 e. The van der Waals surface area contributed by atoms with Crippen LogP contribution in [0.15, 0.2) is 0 Å². The second kappa shape index (κ2) is 4.18. The monoisotopic (exact) mass is 174 g/mol. The fourth-order valence-corrected chi connectivity index (χ4v) is 0.814. The number of ketones is 1. The minimum absolute atomic E-state index is 0.0914. The first-order chi connectivity index (χ1) is 5.45. The van der Waals surface area contributed by atoms with Crippen LogP contribution in [-0.2, 0) is 9.59 Å². The van der Waals surface area contributed by atoms with Crippen LogP contribution in [0.4, 0.5) is 0 Å². The SMILES string of the molecule is CC(=O)[C@@](N)(CCCN)C(=O)O. The van der Waals surface area contributed by atoms with E-state index in [-0.39, 0.29) is 6.42 Å². The van der Waals surface area contributed by atoms with Crippen LogP contribution in [0, 0.1) is 0 Å². The molecule has 0 amide bonds. The summed E-state index contributed by atoms with van der Waals surface area (Å²) >= 11 is 0. The van der Waals surface area contributed by atoms with Crippen molar-refractivity contribution in [1.29, 1.82) is 0 Å². The molecular formula is C7H14N2O3. The van der Waals surface area contributed by atoms with Crippen molar-refractivity contribution >= 4 is 11.8 Å².